The van der Waals surface area contributed by atoms with Crippen molar-refractivity contribution in [2.75, 3.05) is 13.2 Å². The molecule has 18 nitrogen and oxygen atoms in total. The average Bonchev–Trinajstić information content (AvgIpc) is 2.84. The Morgan fingerprint density at radius 1 is 0.821 bits per heavy atom. The Labute approximate surface area is 224 Å². The molecule has 1 saturated carbocycles. The number of hydrogen-bond donors (Lipinski definition) is 11. The van der Waals surface area contributed by atoms with Crippen molar-refractivity contribution in [2.24, 2.45) is 34.4 Å². The molecule has 3 aliphatic rings. The predicted octanol–water partition coefficient (Wildman–Crippen LogP) is -6.10. The molecule has 0 radical (unpaired) electrons. The molecular formula is C21H42N6O12. The van der Waals surface area contributed by atoms with Gasteiger partial charge in [-0.05, 0) is 12.8 Å². The third-order valence-electron chi connectivity index (χ3n) is 6.62. The van der Waals surface area contributed by atoms with Gasteiger partial charge in [-0.25, -0.2) is 4.79 Å². The first-order valence-corrected chi connectivity index (χ1v) is 12.4. The molecule has 0 bridgehead atoms. The van der Waals surface area contributed by atoms with Crippen LogP contribution in [0.5, 0.6) is 0 Å². The van der Waals surface area contributed by atoms with E-state index >= 15 is 0 Å². The number of aliphatic carboxylic acids is 1. The quantitative estimate of drug-likeness (QED) is 0.135. The Morgan fingerprint density at radius 3 is 1.85 bits per heavy atom. The van der Waals surface area contributed by atoms with E-state index in [9.17, 15) is 25.2 Å². The van der Waals surface area contributed by atoms with Crippen molar-refractivity contribution < 1.29 is 58.8 Å². The second-order valence-electron chi connectivity index (χ2n) is 9.75. The molecule has 3 rings (SSSR count). The number of nitrogens with two attached hydrogens (primary N) is 6. The summed E-state index contributed by atoms with van der Waals surface area (Å²) in [7, 11) is 0. The topological polar surface area (TPSA) is 338 Å². The number of carboxylic acids is 1. The molecule has 2 aliphatic heterocycles. The number of carbonyl (C=O) groups is 2. The zero-order valence-electron chi connectivity index (χ0n) is 21.5. The minimum Gasteiger partial charge on any atom is -0.481 e. The van der Waals surface area contributed by atoms with E-state index in [0.717, 1.165) is 6.92 Å². The summed E-state index contributed by atoms with van der Waals surface area (Å²) in [4.78, 5) is 19.9. The summed E-state index contributed by atoms with van der Waals surface area (Å²) in [6.45, 7) is 0.672. The first-order valence-electron chi connectivity index (χ1n) is 12.4. The van der Waals surface area contributed by atoms with Crippen molar-refractivity contribution in [1.82, 2.24) is 0 Å². The Morgan fingerprint density at radius 2 is 1.33 bits per heavy atom. The SMILES string of the molecule is CC(=O)O.NC[C@H]1O[C@H](O[C@H]2[C@H](O)[C@@H](O[C@H]3O[C@H](COC(N)=O)[C@@H](O)[C@H](N)[C@H]3O)[C@H](N)C[C@@H]2N)[C@H](N)C[C@@H]1O. The molecule has 3 fully saturated rings. The molecule has 17 N–H and O–H groups in total. The minimum atomic E-state index is -1.51. The maximum absolute atomic E-state index is 11.1. The maximum Gasteiger partial charge on any atom is 0.404 e. The Balaban J connectivity index is 0.00000124. The van der Waals surface area contributed by atoms with Crippen molar-refractivity contribution in [3.05, 3.63) is 0 Å². The largest absolute Gasteiger partial charge is 0.481 e. The Bertz CT molecular complexity index is 796. The first kappa shape index (κ1) is 33.4. The molecule has 1 amide bonds. The fourth-order valence-corrected chi connectivity index (χ4v) is 4.58. The number of aliphatic hydroxyl groups is 4. The standard InChI is InChI=1S/C19H38N6O10.C2H4O2/c20-3-9-8(26)2-7(23)17(32-9)34-15-5(21)1-6(22)16(14(15)29)35-18-13(28)11(24)12(27)10(33-18)4-31-19(25)30;1-2(3)4/h5-18,26-29H,1-4,20-24H2,(H2,25,30);1H3,(H,3,4)/t5-,6+,7+,8-,9+,10+,11-,12+,13+,14-,15+,16-,17+,18+;/m0./s1. The van der Waals surface area contributed by atoms with Gasteiger partial charge in [-0.2, -0.15) is 0 Å². The lowest BCUT2D eigenvalue weighted by Crippen LogP contribution is -2.68. The van der Waals surface area contributed by atoms with E-state index in [2.05, 4.69) is 4.74 Å². The van der Waals surface area contributed by atoms with Gasteiger partial charge in [-0.15, -0.1) is 0 Å². The molecule has 14 atom stereocenters. The van der Waals surface area contributed by atoms with Crippen molar-refractivity contribution >= 4 is 12.1 Å². The predicted molar refractivity (Wildman–Crippen MR) is 130 cm³/mol. The third kappa shape index (κ3) is 8.85. The van der Waals surface area contributed by atoms with Crippen LogP contribution in [0, 0.1) is 0 Å². The average molecular weight is 571 g/mol. The molecule has 2 saturated heterocycles. The number of carbonyl (C=O) groups excluding carboxylic acids is 1. The summed E-state index contributed by atoms with van der Waals surface area (Å²) in [5, 5.41) is 49.2. The number of amides is 1. The molecule has 0 aromatic heterocycles. The van der Waals surface area contributed by atoms with E-state index in [0.29, 0.717) is 0 Å². The molecule has 228 valence electrons. The Hall–Kier alpha value is -1.78. The molecule has 39 heavy (non-hydrogen) atoms. The first-order chi connectivity index (χ1) is 18.2. The van der Waals surface area contributed by atoms with Crippen molar-refractivity contribution in [3.63, 3.8) is 0 Å². The van der Waals surface area contributed by atoms with Gasteiger partial charge in [0.15, 0.2) is 12.6 Å². The second kappa shape index (κ2) is 14.7. The highest BCUT2D eigenvalue weighted by atomic mass is 16.7. The van der Waals surface area contributed by atoms with Crippen molar-refractivity contribution in [2.45, 2.75) is 105 Å². The molecule has 18 heteroatoms. The van der Waals surface area contributed by atoms with Crippen molar-refractivity contribution in [3.8, 4) is 0 Å². The maximum atomic E-state index is 11.1. The fraction of sp³-hybridized carbons (Fsp3) is 0.905. The van der Waals surface area contributed by atoms with Crippen LogP contribution < -0.4 is 34.4 Å². The van der Waals surface area contributed by atoms with Crippen LogP contribution in [0.2, 0.25) is 0 Å². The van der Waals surface area contributed by atoms with Crippen LogP contribution in [0.1, 0.15) is 19.8 Å². The van der Waals surface area contributed by atoms with Crippen LogP contribution in [0.3, 0.4) is 0 Å². The van der Waals surface area contributed by atoms with Gasteiger partial charge in [-0.1, -0.05) is 0 Å². The van der Waals surface area contributed by atoms with Gasteiger partial charge < -0.3 is 83.6 Å². The van der Waals surface area contributed by atoms with Crippen molar-refractivity contribution in [1.29, 1.82) is 0 Å². The molecule has 1 aliphatic carbocycles. The summed E-state index contributed by atoms with van der Waals surface area (Å²) in [6, 6.07) is -3.46. The molecular weight excluding hydrogens is 528 g/mol. The number of aliphatic hydroxyl groups excluding tert-OH is 4. The van der Waals surface area contributed by atoms with E-state index in [4.69, 9.17) is 63.3 Å². The lowest BCUT2D eigenvalue weighted by Gasteiger charge is -2.47. The molecule has 0 aromatic rings. The summed E-state index contributed by atoms with van der Waals surface area (Å²) in [5.41, 5.74) is 34.9. The second-order valence-corrected chi connectivity index (χ2v) is 9.75. The highest BCUT2D eigenvalue weighted by molar-refractivity contribution is 5.64. The zero-order valence-corrected chi connectivity index (χ0v) is 21.5. The number of ether oxygens (including phenoxy) is 5. The van der Waals surface area contributed by atoms with E-state index in [1.165, 1.54) is 0 Å². The number of carboxylic acid groups (broad SMARTS) is 1. The van der Waals surface area contributed by atoms with Crippen LogP contribution in [0.25, 0.3) is 0 Å². The van der Waals surface area contributed by atoms with Gasteiger partial charge in [0, 0.05) is 25.6 Å². The lowest BCUT2D eigenvalue weighted by atomic mass is 9.84. The number of rotatable bonds is 7. The monoisotopic (exact) mass is 570 g/mol. The van der Waals surface area contributed by atoms with E-state index in [-0.39, 0.29) is 19.4 Å². The zero-order chi connectivity index (χ0) is 29.6. The number of hydrogen-bond acceptors (Lipinski definition) is 16. The normalized spacial score (nSPS) is 44.6. The van der Waals surface area contributed by atoms with Crippen LogP contribution >= 0.6 is 0 Å². The van der Waals surface area contributed by atoms with Gasteiger partial charge >= 0.3 is 6.09 Å². The van der Waals surface area contributed by atoms with Crippen LogP contribution in [0.15, 0.2) is 0 Å². The van der Waals surface area contributed by atoms with Gasteiger partial charge in [-0.3, -0.25) is 4.79 Å². The lowest BCUT2D eigenvalue weighted by molar-refractivity contribution is -0.314. The van der Waals surface area contributed by atoms with Crippen LogP contribution in [-0.2, 0) is 28.5 Å². The van der Waals surface area contributed by atoms with Crippen LogP contribution in [-0.4, -0.2) is 136 Å². The molecule has 0 unspecified atom stereocenters. The summed E-state index contributed by atoms with van der Waals surface area (Å²) in [6.07, 6.45) is -12.5. The Kier molecular flexibility index (Phi) is 12.6. The van der Waals surface area contributed by atoms with Gasteiger partial charge in [0.2, 0.25) is 0 Å². The van der Waals surface area contributed by atoms with Gasteiger partial charge in [0.1, 0.15) is 43.2 Å². The molecule has 2 heterocycles. The molecule has 0 aromatic carbocycles. The highest BCUT2D eigenvalue weighted by Gasteiger charge is 2.50. The van der Waals surface area contributed by atoms with Gasteiger partial charge in [0.25, 0.3) is 5.97 Å². The van der Waals surface area contributed by atoms with E-state index in [1.807, 2.05) is 0 Å². The van der Waals surface area contributed by atoms with E-state index in [1.54, 1.807) is 0 Å². The third-order valence-corrected chi connectivity index (χ3v) is 6.62. The molecule has 0 spiro atoms. The summed E-state index contributed by atoms with van der Waals surface area (Å²) >= 11 is 0. The van der Waals surface area contributed by atoms with Crippen LogP contribution in [0.4, 0.5) is 4.79 Å². The smallest absolute Gasteiger partial charge is 0.404 e. The van der Waals surface area contributed by atoms with Gasteiger partial charge in [0.05, 0.1) is 24.3 Å². The van der Waals surface area contributed by atoms with E-state index < -0.39 is 104 Å². The summed E-state index contributed by atoms with van der Waals surface area (Å²) in [5.74, 6) is -0.833. The summed E-state index contributed by atoms with van der Waals surface area (Å²) < 4.78 is 27.6. The minimum absolute atomic E-state index is 0.0350. The highest BCUT2D eigenvalue weighted by Crippen LogP contribution is 2.30. The number of primary amides is 1. The fourth-order valence-electron chi connectivity index (χ4n) is 4.58.